The Morgan fingerprint density at radius 2 is 0.444 bits per heavy atom. The van der Waals surface area contributed by atoms with Crippen LogP contribution in [0.3, 0.4) is 0 Å². The van der Waals surface area contributed by atoms with Gasteiger partial charge in [0.2, 0.25) is 0 Å². The molecule has 0 bridgehead atoms. The standard InChI is InChI=1S/2Al.2Ca.2Mg.3O.8H/q2*+3;;;;;3*-2;;;;;;;;. The summed E-state index contributed by atoms with van der Waals surface area (Å²) in [6.07, 6.45) is 0. The first-order valence-electron chi connectivity index (χ1n) is 0. The minimum Gasteiger partial charge on any atom is -2.00 e. The molecule has 0 aliphatic rings. The first-order chi connectivity index (χ1) is 0. The molecule has 0 saturated heterocycles. The summed E-state index contributed by atoms with van der Waals surface area (Å²) in [7, 11) is 0. The van der Waals surface area contributed by atoms with Crippen molar-refractivity contribution in [1.29, 1.82) is 0 Å². The molecule has 9 heteroatoms. The van der Waals surface area contributed by atoms with Crippen molar-refractivity contribution < 1.29 is 16.4 Å². The smallest absolute Gasteiger partial charge is 0.316 e. The zero-order chi connectivity index (χ0) is 0. The number of hydrogen-bond donors (Lipinski definition) is 0. The van der Waals surface area contributed by atoms with Crippen molar-refractivity contribution in [3.8, 4) is 0 Å². The second-order valence-electron chi connectivity index (χ2n) is 0. The van der Waals surface area contributed by atoms with Gasteiger partial charge in [0.15, 0.2) is 0 Å². The fourth-order valence-corrected chi connectivity index (χ4v) is 0. The largest absolute Gasteiger partial charge is 2.00 e. The van der Waals surface area contributed by atoms with Crippen LogP contribution in [-0.2, 0) is 16.4 Å². The van der Waals surface area contributed by atoms with Crippen LogP contribution in [-0.4, -0.2) is 156 Å². The van der Waals surface area contributed by atoms with E-state index in [4.69, 9.17) is 0 Å². The van der Waals surface area contributed by atoms with Crippen molar-refractivity contribution in [3.63, 3.8) is 0 Å². The Labute approximate surface area is 168 Å². The SMILES string of the molecule is [Al+3].[Al+3].[CaH2].[CaH2].[MgH2].[MgH2].[O-2].[O-2].[O-2]. The van der Waals surface area contributed by atoms with Gasteiger partial charge in [0, 0.05) is 0 Å². The van der Waals surface area contributed by atoms with Crippen molar-refractivity contribution in [2.24, 2.45) is 0 Å². The molecule has 0 amide bonds. The van der Waals surface area contributed by atoms with Gasteiger partial charge in [-0.25, -0.2) is 0 Å². The number of hydrogen-bond acceptors (Lipinski definition) is 0. The Hall–Kier alpha value is 5.00. The first-order valence-corrected chi connectivity index (χ1v) is 0. The summed E-state index contributed by atoms with van der Waals surface area (Å²) in [4.78, 5) is 0. The maximum absolute atomic E-state index is 0. The Morgan fingerprint density at radius 1 is 0.444 bits per heavy atom. The summed E-state index contributed by atoms with van der Waals surface area (Å²) in [6, 6.07) is 0. The molecule has 0 N–H and O–H groups in total. The van der Waals surface area contributed by atoms with Crippen LogP contribution in [0, 0.1) is 0 Å². The fraction of sp³-hybridized carbons (Fsp3) is 0. The zero-order valence-electron chi connectivity index (χ0n) is 2.38. The molecule has 0 unspecified atom stereocenters. The van der Waals surface area contributed by atoms with Gasteiger partial charge in [0.25, 0.3) is 0 Å². The van der Waals surface area contributed by atoms with Crippen LogP contribution in [0.15, 0.2) is 0 Å². The Kier molecular flexibility index (Phi) is 788. The van der Waals surface area contributed by atoms with Crippen molar-refractivity contribution in [3.05, 3.63) is 0 Å². The third-order valence-corrected chi connectivity index (χ3v) is 0. The average Bonchev–Trinajstić information content (AvgIpc) is 0. The summed E-state index contributed by atoms with van der Waals surface area (Å²) in [5, 5.41) is 0. The van der Waals surface area contributed by atoms with Crippen LogP contribution in [0.4, 0.5) is 0 Å². The van der Waals surface area contributed by atoms with E-state index >= 15 is 0 Å². The molecule has 0 rings (SSSR count). The van der Waals surface area contributed by atoms with E-state index in [2.05, 4.69) is 0 Å². The molecule has 0 saturated carbocycles. The summed E-state index contributed by atoms with van der Waals surface area (Å²) >= 11 is 0. The van der Waals surface area contributed by atoms with E-state index in [-0.39, 0.29) is 173 Å². The normalized spacial score (nSPS) is 0. The summed E-state index contributed by atoms with van der Waals surface area (Å²) < 4.78 is 0. The van der Waals surface area contributed by atoms with Crippen molar-refractivity contribution in [1.82, 2.24) is 0 Å². The molecule has 0 aromatic heterocycles. The molecule has 0 spiro atoms. The van der Waals surface area contributed by atoms with Crippen LogP contribution in [0.2, 0.25) is 0 Å². The molecule has 0 atom stereocenters. The second-order valence-corrected chi connectivity index (χ2v) is 0. The maximum Gasteiger partial charge on any atom is 0.316 e. The quantitative estimate of drug-likeness (QED) is 0.380. The minimum atomic E-state index is 0. The van der Waals surface area contributed by atoms with Crippen LogP contribution in [0.5, 0.6) is 0 Å². The van der Waals surface area contributed by atoms with Crippen molar-refractivity contribution in [2.75, 3.05) is 0 Å². The summed E-state index contributed by atoms with van der Waals surface area (Å²) in [6.45, 7) is 0. The molecule has 0 aliphatic carbocycles. The van der Waals surface area contributed by atoms with E-state index in [9.17, 15) is 0 Å². The molecule has 0 aromatic carbocycles. The molecule has 0 heterocycles. The average molecular weight is 239 g/mol. The van der Waals surface area contributed by atoms with Crippen molar-refractivity contribution in [2.45, 2.75) is 0 Å². The topological polar surface area (TPSA) is 85.5 Å². The van der Waals surface area contributed by atoms with E-state index in [1.807, 2.05) is 0 Å². The Balaban J connectivity index is 0. The summed E-state index contributed by atoms with van der Waals surface area (Å²) in [5.41, 5.74) is 0. The predicted octanol–water partition coefficient (Wildman–Crippen LogP) is -4.78. The monoisotopic (exact) mass is 238 g/mol. The molecular formula is H8Al2Ca2Mg2O3. The Morgan fingerprint density at radius 3 is 0.444 bits per heavy atom. The van der Waals surface area contributed by atoms with Gasteiger partial charge in [-0.1, -0.05) is 0 Å². The van der Waals surface area contributed by atoms with Crippen LogP contribution >= 0.6 is 0 Å². The molecular weight excluding hydrogens is 231 g/mol. The molecule has 9 heavy (non-hydrogen) atoms. The van der Waals surface area contributed by atoms with E-state index < -0.39 is 0 Å². The van der Waals surface area contributed by atoms with Crippen molar-refractivity contribution >= 4 is 156 Å². The van der Waals surface area contributed by atoms with Gasteiger partial charge in [-0.05, 0) is 0 Å². The number of rotatable bonds is 0. The van der Waals surface area contributed by atoms with Gasteiger partial charge < -0.3 is 16.4 Å². The first kappa shape index (κ1) is 94.7. The minimum absolute atomic E-state index is 0. The Bertz CT molecular complexity index is 17.8. The van der Waals surface area contributed by atoms with Gasteiger partial charge in [-0.3, -0.25) is 0 Å². The van der Waals surface area contributed by atoms with Crippen LogP contribution in [0.25, 0.3) is 0 Å². The van der Waals surface area contributed by atoms with Crippen LogP contribution in [0.1, 0.15) is 0 Å². The van der Waals surface area contributed by atoms with Gasteiger partial charge >= 0.3 is 156 Å². The molecule has 0 aliphatic heterocycles. The molecule has 40 valence electrons. The van der Waals surface area contributed by atoms with Gasteiger partial charge in [-0.2, -0.15) is 0 Å². The summed E-state index contributed by atoms with van der Waals surface area (Å²) in [5.74, 6) is 0. The van der Waals surface area contributed by atoms with E-state index in [0.29, 0.717) is 0 Å². The fourth-order valence-electron chi connectivity index (χ4n) is 0. The molecule has 0 fully saturated rings. The molecule has 3 nitrogen and oxygen atoms in total. The third kappa shape index (κ3) is 62.9. The zero-order valence-corrected chi connectivity index (χ0v) is 4.69. The molecule has 0 aromatic rings. The van der Waals surface area contributed by atoms with Gasteiger partial charge in [0.1, 0.15) is 0 Å². The van der Waals surface area contributed by atoms with Crippen LogP contribution < -0.4 is 0 Å². The third-order valence-electron chi connectivity index (χ3n) is 0. The maximum atomic E-state index is 0. The van der Waals surface area contributed by atoms with E-state index in [1.54, 1.807) is 0 Å². The molecule has 0 radical (unpaired) electrons. The second kappa shape index (κ2) is 74.9. The predicted molar refractivity (Wildman–Crippen MR) is 47.7 cm³/mol. The van der Waals surface area contributed by atoms with Gasteiger partial charge in [-0.15, -0.1) is 0 Å². The van der Waals surface area contributed by atoms with Gasteiger partial charge in [0.05, 0.1) is 0 Å². The van der Waals surface area contributed by atoms with E-state index in [0.717, 1.165) is 0 Å². The van der Waals surface area contributed by atoms with E-state index in [1.165, 1.54) is 0 Å².